The van der Waals surface area contributed by atoms with Gasteiger partial charge in [-0.1, -0.05) is 36.9 Å². The maximum atomic E-state index is 4.59. The zero-order valence-electron chi connectivity index (χ0n) is 11.1. The van der Waals surface area contributed by atoms with E-state index in [0.29, 0.717) is 5.95 Å². The molecule has 0 saturated carbocycles. The summed E-state index contributed by atoms with van der Waals surface area (Å²) in [5, 5.41) is 12.0. The second-order valence-corrected chi connectivity index (χ2v) is 5.39. The number of nitrogens with one attached hydrogen (secondary N) is 2. The molecule has 3 rings (SSSR count). The van der Waals surface area contributed by atoms with E-state index in [1.54, 1.807) is 18.0 Å². The fraction of sp³-hybridized carbons (Fsp3) is 0.214. The summed E-state index contributed by atoms with van der Waals surface area (Å²) in [5.74, 6) is 0.641. The molecule has 2 aromatic heterocycles. The largest absolute Gasteiger partial charge is 0.354 e. The average Bonchev–Trinajstić information content (AvgIpc) is 2.95. The van der Waals surface area contributed by atoms with Crippen LogP contribution in [0.15, 0.2) is 46.5 Å². The van der Waals surface area contributed by atoms with Crippen molar-refractivity contribution in [3.63, 3.8) is 0 Å². The monoisotopic (exact) mass is 285 g/mol. The first-order chi connectivity index (χ1) is 9.86. The summed E-state index contributed by atoms with van der Waals surface area (Å²) < 4.78 is 0. The molecule has 6 heteroatoms. The molecule has 1 aromatic carbocycles. The first kappa shape index (κ1) is 12.9. The van der Waals surface area contributed by atoms with Gasteiger partial charge in [0.05, 0.1) is 11.6 Å². The molecule has 3 aromatic rings. The number of aromatic amines is 1. The molecule has 0 spiro atoms. The Morgan fingerprint density at radius 1 is 1.20 bits per heavy atom. The standard InChI is InChI=1S/C14H15N5S/c1-2-8-15-14-17-12-11(9-16-19-12)13(18-14)20-10-6-4-3-5-7-10/h3-7,9H,2,8H2,1H3,(H2,15,16,17,18,19). The summed E-state index contributed by atoms with van der Waals surface area (Å²) >= 11 is 1.62. The van der Waals surface area contributed by atoms with E-state index in [2.05, 4.69) is 44.5 Å². The predicted octanol–water partition coefficient (Wildman–Crippen LogP) is 3.33. The first-order valence-electron chi connectivity index (χ1n) is 6.54. The normalized spacial score (nSPS) is 10.8. The fourth-order valence-electron chi connectivity index (χ4n) is 1.80. The highest BCUT2D eigenvalue weighted by molar-refractivity contribution is 7.99. The molecule has 0 saturated heterocycles. The number of hydrogen-bond acceptors (Lipinski definition) is 5. The Balaban J connectivity index is 1.97. The van der Waals surface area contributed by atoms with Gasteiger partial charge in [-0.25, -0.2) is 4.98 Å². The maximum Gasteiger partial charge on any atom is 0.225 e. The molecule has 0 aliphatic rings. The van der Waals surface area contributed by atoms with E-state index >= 15 is 0 Å². The van der Waals surface area contributed by atoms with Crippen molar-refractivity contribution in [2.24, 2.45) is 0 Å². The summed E-state index contributed by atoms with van der Waals surface area (Å²) in [6.07, 6.45) is 2.80. The van der Waals surface area contributed by atoms with Crippen LogP contribution >= 0.6 is 11.8 Å². The number of aromatic nitrogens is 4. The van der Waals surface area contributed by atoms with Crippen molar-refractivity contribution in [3.8, 4) is 0 Å². The van der Waals surface area contributed by atoms with Gasteiger partial charge in [0.1, 0.15) is 5.03 Å². The van der Waals surface area contributed by atoms with Crippen LogP contribution in [0.1, 0.15) is 13.3 Å². The smallest absolute Gasteiger partial charge is 0.225 e. The quantitative estimate of drug-likeness (QED) is 0.704. The highest BCUT2D eigenvalue weighted by Gasteiger charge is 2.10. The Kier molecular flexibility index (Phi) is 3.83. The van der Waals surface area contributed by atoms with Crippen LogP contribution in [0.3, 0.4) is 0 Å². The molecule has 0 atom stereocenters. The Morgan fingerprint density at radius 2 is 2.05 bits per heavy atom. The molecule has 0 bridgehead atoms. The molecule has 2 N–H and O–H groups in total. The van der Waals surface area contributed by atoms with Gasteiger partial charge in [0.2, 0.25) is 5.95 Å². The SMILES string of the molecule is CCCNc1nc(Sc2ccccc2)c2cn[nH]c2n1. The van der Waals surface area contributed by atoms with Gasteiger partial charge in [0.15, 0.2) is 5.65 Å². The van der Waals surface area contributed by atoms with E-state index in [-0.39, 0.29) is 0 Å². The average molecular weight is 285 g/mol. The third kappa shape index (κ3) is 2.75. The minimum atomic E-state index is 0.641. The van der Waals surface area contributed by atoms with Crippen molar-refractivity contribution in [3.05, 3.63) is 36.5 Å². The lowest BCUT2D eigenvalue weighted by atomic mass is 10.4. The van der Waals surface area contributed by atoms with Gasteiger partial charge in [0.25, 0.3) is 0 Å². The highest BCUT2D eigenvalue weighted by Crippen LogP contribution is 2.31. The molecule has 0 aliphatic heterocycles. The molecule has 0 unspecified atom stereocenters. The number of H-pyrrole nitrogens is 1. The molecule has 0 aliphatic carbocycles. The Hall–Kier alpha value is -2.08. The van der Waals surface area contributed by atoms with Gasteiger partial charge >= 0.3 is 0 Å². The highest BCUT2D eigenvalue weighted by atomic mass is 32.2. The number of anilines is 1. The molecule has 20 heavy (non-hydrogen) atoms. The van der Waals surface area contributed by atoms with Crippen LogP contribution in [0, 0.1) is 0 Å². The zero-order valence-corrected chi connectivity index (χ0v) is 11.9. The van der Waals surface area contributed by atoms with E-state index in [9.17, 15) is 0 Å². The van der Waals surface area contributed by atoms with E-state index in [0.717, 1.165) is 33.9 Å². The number of hydrogen-bond donors (Lipinski definition) is 2. The van der Waals surface area contributed by atoms with Gasteiger partial charge in [-0.3, -0.25) is 5.10 Å². The van der Waals surface area contributed by atoms with Gasteiger partial charge in [-0.05, 0) is 18.6 Å². The molecule has 0 amide bonds. The third-order valence-corrected chi connectivity index (χ3v) is 3.78. The Bertz CT molecular complexity index is 695. The van der Waals surface area contributed by atoms with Crippen LogP contribution in [0.2, 0.25) is 0 Å². The van der Waals surface area contributed by atoms with Gasteiger partial charge in [0, 0.05) is 11.4 Å². The van der Waals surface area contributed by atoms with Crippen molar-refractivity contribution >= 4 is 28.7 Å². The lowest BCUT2D eigenvalue weighted by molar-refractivity contribution is 0.943. The van der Waals surface area contributed by atoms with Crippen LogP contribution in [-0.4, -0.2) is 26.7 Å². The van der Waals surface area contributed by atoms with Gasteiger partial charge in [-0.15, -0.1) is 0 Å². The molecule has 102 valence electrons. The number of nitrogens with zero attached hydrogens (tertiary/aromatic N) is 3. The van der Waals surface area contributed by atoms with Crippen molar-refractivity contribution in [2.45, 2.75) is 23.3 Å². The topological polar surface area (TPSA) is 66.5 Å². The van der Waals surface area contributed by atoms with E-state index in [1.165, 1.54) is 0 Å². The van der Waals surface area contributed by atoms with Crippen LogP contribution < -0.4 is 5.32 Å². The van der Waals surface area contributed by atoms with E-state index < -0.39 is 0 Å². The summed E-state index contributed by atoms with van der Waals surface area (Å²) in [7, 11) is 0. The summed E-state index contributed by atoms with van der Waals surface area (Å²) in [5.41, 5.74) is 0.761. The predicted molar refractivity (Wildman–Crippen MR) is 81.0 cm³/mol. The lowest BCUT2D eigenvalue weighted by Gasteiger charge is -2.06. The number of fused-ring (bicyclic) bond motifs is 1. The molecule has 5 nitrogen and oxygen atoms in total. The Morgan fingerprint density at radius 3 is 2.85 bits per heavy atom. The molecule has 0 radical (unpaired) electrons. The third-order valence-electron chi connectivity index (χ3n) is 2.77. The van der Waals surface area contributed by atoms with Gasteiger partial charge in [-0.2, -0.15) is 10.1 Å². The molecular weight excluding hydrogens is 270 g/mol. The second-order valence-electron chi connectivity index (χ2n) is 4.33. The number of benzene rings is 1. The second kappa shape index (κ2) is 5.92. The van der Waals surface area contributed by atoms with Crippen molar-refractivity contribution in [2.75, 3.05) is 11.9 Å². The van der Waals surface area contributed by atoms with Crippen LogP contribution in [0.25, 0.3) is 11.0 Å². The molecule has 0 fully saturated rings. The maximum absolute atomic E-state index is 4.59. The lowest BCUT2D eigenvalue weighted by Crippen LogP contribution is -2.05. The first-order valence-corrected chi connectivity index (χ1v) is 7.36. The summed E-state index contributed by atoms with van der Waals surface area (Å²) in [4.78, 5) is 10.2. The van der Waals surface area contributed by atoms with Crippen LogP contribution in [-0.2, 0) is 0 Å². The van der Waals surface area contributed by atoms with Crippen molar-refractivity contribution in [1.82, 2.24) is 20.2 Å². The van der Waals surface area contributed by atoms with E-state index in [1.807, 2.05) is 18.2 Å². The van der Waals surface area contributed by atoms with Gasteiger partial charge < -0.3 is 5.32 Å². The fourth-order valence-corrected chi connectivity index (χ4v) is 2.71. The van der Waals surface area contributed by atoms with E-state index in [4.69, 9.17) is 0 Å². The molecular formula is C14H15N5S. The minimum absolute atomic E-state index is 0.641. The van der Waals surface area contributed by atoms with Crippen molar-refractivity contribution < 1.29 is 0 Å². The van der Waals surface area contributed by atoms with Crippen molar-refractivity contribution in [1.29, 1.82) is 0 Å². The Labute approximate surface area is 121 Å². The minimum Gasteiger partial charge on any atom is -0.354 e. The molecule has 2 heterocycles. The number of rotatable bonds is 5. The summed E-state index contributed by atoms with van der Waals surface area (Å²) in [6, 6.07) is 10.2. The zero-order chi connectivity index (χ0) is 13.8. The van der Waals surface area contributed by atoms with Crippen LogP contribution in [0.4, 0.5) is 5.95 Å². The summed E-state index contributed by atoms with van der Waals surface area (Å²) in [6.45, 7) is 2.97. The van der Waals surface area contributed by atoms with Crippen LogP contribution in [0.5, 0.6) is 0 Å².